The van der Waals surface area contributed by atoms with Crippen LogP contribution >= 0.6 is 0 Å². The van der Waals surface area contributed by atoms with Gasteiger partial charge >= 0.3 is 11.7 Å². The van der Waals surface area contributed by atoms with Gasteiger partial charge in [0.1, 0.15) is 6.04 Å². The molecule has 10 heteroatoms. The van der Waals surface area contributed by atoms with Crippen molar-refractivity contribution in [3.8, 4) is 0 Å². The fourth-order valence-electron chi connectivity index (χ4n) is 2.96. The molecule has 0 amide bonds. The average molecular weight is 370 g/mol. The lowest BCUT2D eigenvalue weighted by Crippen LogP contribution is -2.41. The molecule has 0 saturated carbocycles. The smallest absolute Gasteiger partial charge is 0.419 e. The highest BCUT2D eigenvalue weighted by Gasteiger charge is 2.44. The number of nitrogens with zero attached hydrogens (tertiary/aromatic N) is 2. The molecule has 0 unspecified atom stereocenters. The molecule has 0 spiro atoms. The van der Waals surface area contributed by atoms with E-state index in [0.717, 1.165) is 4.31 Å². The number of fused-ring (bicyclic) bond motifs is 1. The van der Waals surface area contributed by atoms with Crippen LogP contribution in [0.3, 0.4) is 0 Å². The van der Waals surface area contributed by atoms with E-state index >= 15 is 0 Å². The Morgan fingerprint density at radius 1 is 1.32 bits per heavy atom. The first kappa shape index (κ1) is 17.6. The molecule has 3 rings (SSSR count). The summed E-state index contributed by atoms with van der Waals surface area (Å²) in [5.41, 5.74) is 0.635. The highest BCUT2D eigenvalue weighted by atomic mass is 32.2. The Bertz CT molecular complexity index is 975. The van der Waals surface area contributed by atoms with Gasteiger partial charge in [0.2, 0.25) is 10.0 Å². The minimum atomic E-state index is -3.99. The molecular formula is C15H18N2O7S. The zero-order valence-corrected chi connectivity index (χ0v) is 14.8. The number of aryl methyl sites for hydroxylation is 1. The summed E-state index contributed by atoms with van der Waals surface area (Å²) in [5, 5.41) is 0. The average Bonchev–Trinajstić information content (AvgIpc) is 3.16. The number of ether oxygens (including phenoxy) is 2. The van der Waals surface area contributed by atoms with Gasteiger partial charge in [-0.3, -0.25) is 9.36 Å². The number of aromatic nitrogens is 1. The summed E-state index contributed by atoms with van der Waals surface area (Å²) in [6, 6.07) is 3.16. The normalized spacial score (nSPS) is 21.7. The molecule has 25 heavy (non-hydrogen) atoms. The Hall–Kier alpha value is -2.17. The van der Waals surface area contributed by atoms with Gasteiger partial charge in [0.25, 0.3) is 0 Å². The van der Waals surface area contributed by atoms with E-state index in [4.69, 9.17) is 13.9 Å². The summed E-state index contributed by atoms with van der Waals surface area (Å²) in [4.78, 5) is 23.5. The van der Waals surface area contributed by atoms with Gasteiger partial charge in [-0.15, -0.1) is 0 Å². The molecule has 2 heterocycles. The van der Waals surface area contributed by atoms with E-state index in [1.165, 1.54) is 44.0 Å². The molecule has 1 aliphatic rings. The van der Waals surface area contributed by atoms with Gasteiger partial charge in [-0.1, -0.05) is 0 Å². The van der Waals surface area contributed by atoms with Crippen LogP contribution in [0, 0.1) is 0 Å². The van der Waals surface area contributed by atoms with Crippen molar-refractivity contribution in [1.29, 1.82) is 0 Å². The zero-order chi connectivity index (χ0) is 18.4. The van der Waals surface area contributed by atoms with Crippen LogP contribution in [0.1, 0.15) is 6.42 Å². The van der Waals surface area contributed by atoms with Crippen molar-refractivity contribution in [3.05, 3.63) is 28.7 Å². The Morgan fingerprint density at radius 3 is 2.68 bits per heavy atom. The van der Waals surface area contributed by atoms with Crippen molar-refractivity contribution < 1.29 is 27.1 Å². The van der Waals surface area contributed by atoms with Gasteiger partial charge in [-0.05, 0) is 18.2 Å². The molecule has 2 aromatic rings. The van der Waals surface area contributed by atoms with Crippen LogP contribution in [0.25, 0.3) is 11.1 Å². The Kier molecular flexibility index (Phi) is 4.43. The number of methoxy groups -OCH3 is 2. The van der Waals surface area contributed by atoms with E-state index in [0.29, 0.717) is 5.52 Å². The number of rotatable bonds is 4. The van der Waals surface area contributed by atoms with Crippen molar-refractivity contribution in [2.45, 2.75) is 23.5 Å². The van der Waals surface area contributed by atoms with E-state index in [9.17, 15) is 18.0 Å². The summed E-state index contributed by atoms with van der Waals surface area (Å²) in [6.07, 6.45) is -0.185. The first-order valence-electron chi connectivity index (χ1n) is 7.51. The largest absolute Gasteiger partial charge is 0.468 e. The number of benzene rings is 1. The summed E-state index contributed by atoms with van der Waals surface area (Å²) >= 11 is 0. The Morgan fingerprint density at radius 2 is 2.04 bits per heavy atom. The number of carbonyl (C=O) groups is 1. The lowest BCUT2D eigenvalue weighted by molar-refractivity contribution is -0.144. The number of hydrogen-bond donors (Lipinski definition) is 0. The highest BCUT2D eigenvalue weighted by Crippen LogP contribution is 2.29. The topological polar surface area (TPSA) is 108 Å². The Labute approximate surface area is 143 Å². The lowest BCUT2D eigenvalue weighted by atomic mass is 10.2. The van der Waals surface area contributed by atoms with Gasteiger partial charge in [0, 0.05) is 27.1 Å². The molecule has 1 fully saturated rings. The minimum absolute atomic E-state index is 0.0398. The number of carbonyl (C=O) groups excluding carboxylic acids is 1. The van der Waals surface area contributed by atoms with Crippen LogP contribution in [0.15, 0.2) is 32.3 Å². The fraction of sp³-hybridized carbons (Fsp3) is 0.467. The van der Waals surface area contributed by atoms with Crippen LogP contribution in [0.4, 0.5) is 0 Å². The quantitative estimate of drug-likeness (QED) is 0.702. The molecule has 1 aromatic heterocycles. The molecule has 1 aromatic carbocycles. The van der Waals surface area contributed by atoms with Crippen molar-refractivity contribution in [2.24, 2.45) is 7.05 Å². The van der Waals surface area contributed by atoms with Crippen LogP contribution in [-0.2, 0) is 31.3 Å². The van der Waals surface area contributed by atoms with Crippen LogP contribution in [0.5, 0.6) is 0 Å². The summed E-state index contributed by atoms with van der Waals surface area (Å²) in [6.45, 7) is 0.0426. The number of sulfonamides is 1. The summed E-state index contributed by atoms with van der Waals surface area (Å²) in [7, 11) is 0.165. The van der Waals surface area contributed by atoms with Gasteiger partial charge in [-0.2, -0.15) is 4.31 Å². The SMILES string of the molecule is COC(=O)[C@H]1C[C@@H](OC)CN1S(=O)(=O)c1ccc2oc(=O)n(C)c2c1. The molecule has 0 radical (unpaired) electrons. The number of oxazole rings is 1. The number of esters is 1. The van der Waals surface area contributed by atoms with Gasteiger partial charge in [-0.25, -0.2) is 13.2 Å². The molecule has 0 bridgehead atoms. The van der Waals surface area contributed by atoms with E-state index in [2.05, 4.69) is 0 Å². The van der Waals surface area contributed by atoms with Crippen LogP contribution in [0.2, 0.25) is 0 Å². The molecule has 9 nitrogen and oxygen atoms in total. The number of hydrogen-bond acceptors (Lipinski definition) is 7. The third-order valence-electron chi connectivity index (χ3n) is 4.39. The third kappa shape index (κ3) is 2.86. The van der Waals surface area contributed by atoms with E-state index in [1.54, 1.807) is 0 Å². The maximum atomic E-state index is 13.0. The molecule has 136 valence electrons. The second-order valence-corrected chi connectivity index (χ2v) is 7.65. The maximum absolute atomic E-state index is 13.0. The monoisotopic (exact) mass is 370 g/mol. The second kappa shape index (κ2) is 6.28. The second-order valence-electron chi connectivity index (χ2n) is 5.76. The predicted molar refractivity (Wildman–Crippen MR) is 86.6 cm³/mol. The molecular weight excluding hydrogens is 352 g/mol. The van der Waals surface area contributed by atoms with E-state index in [-0.39, 0.29) is 23.4 Å². The van der Waals surface area contributed by atoms with Crippen molar-refractivity contribution in [3.63, 3.8) is 0 Å². The fourth-order valence-corrected chi connectivity index (χ4v) is 4.60. The zero-order valence-electron chi connectivity index (χ0n) is 14.0. The van der Waals surface area contributed by atoms with Crippen LogP contribution in [-0.4, -0.2) is 56.2 Å². The van der Waals surface area contributed by atoms with E-state index < -0.39 is 33.9 Å². The third-order valence-corrected chi connectivity index (χ3v) is 6.26. The minimum Gasteiger partial charge on any atom is -0.468 e. The van der Waals surface area contributed by atoms with Crippen molar-refractivity contribution in [2.75, 3.05) is 20.8 Å². The molecule has 1 saturated heterocycles. The molecule has 1 aliphatic heterocycles. The van der Waals surface area contributed by atoms with Crippen molar-refractivity contribution in [1.82, 2.24) is 8.87 Å². The highest BCUT2D eigenvalue weighted by molar-refractivity contribution is 7.89. The maximum Gasteiger partial charge on any atom is 0.419 e. The van der Waals surface area contributed by atoms with Crippen LogP contribution < -0.4 is 5.76 Å². The van der Waals surface area contributed by atoms with Gasteiger partial charge in [0.15, 0.2) is 5.58 Å². The van der Waals surface area contributed by atoms with Gasteiger partial charge in [0.05, 0.1) is 23.6 Å². The summed E-state index contributed by atoms with van der Waals surface area (Å²) in [5.74, 6) is -1.22. The lowest BCUT2D eigenvalue weighted by Gasteiger charge is -2.21. The Balaban J connectivity index is 2.06. The van der Waals surface area contributed by atoms with E-state index in [1.807, 2.05) is 0 Å². The van der Waals surface area contributed by atoms with Gasteiger partial charge < -0.3 is 13.9 Å². The first-order chi connectivity index (χ1) is 11.8. The molecule has 2 atom stereocenters. The molecule has 0 aliphatic carbocycles. The summed E-state index contributed by atoms with van der Waals surface area (Å²) < 4.78 is 43.3. The standard InChI is InChI=1S/C15H18N2O7S/c1-16-11-7-10(4-5-13(11)24-15(16)19)25(20,21)17-8-9(22-2)6-12(17)14(18)23-3/h4-5,7,9,12H,6,8H2,1-3H3/t9-,12-/m1/s1. The van der Waals surface area contributed by atoms with Crippen molar-refractivity contribution >= 4 is 27.1 Å². The first-order valence-corrected chi connectivity index (χ1v) is 8.95. The predicted octanol–water partition coefficient (Wildman–Crippen LogP) is 0.0825. The molecule has 0 N–H and O–H groups in total.